The topological polar surface area (TPSA) is 106 Å². The number of ether oxygens (including phenoxy) is 2. The highest BCUT2D eigenvalue weighted by molar-refractivity contribution is 6.62. The van der Waals surface area contributed by atoms with Crippen LogP contribution in [0, 0.1) is 0 Å². The van der Waals surface area contributed by atoms with Crippen LogP contribution in [-0.4, -0.2) is 40.7 Å². The number of hydrogen-bond acceptors (Lipinski definition) is 5. The van der Waals surface area contributed by atoms with Crippen molar-refractivity contribution in [2.24, 2.45) is 0 Å². The van der Waals surface area contributed by atoms with E-state index in [2.05, 4.69) is 4.79 Å². The molecule has 0 aliphatic heterocycles. The molecule has 0 radical (unpaired) electrons. The monoisotopic (exact) mass is 332 g/mol. The molecule has 24 heavy (non-hydrogen) atoms. The molecule has 0 N–H and O–H groups in total. The second kappa shape index (κ2) is 8.17. The number of methoxy groups -OCH3 is 1. The lowest BCUT2D eigenvalue weighted by Crippen LogP contribution is -2.34. The normalized spacial score (nSPS) is 10.5. The Morgan fingerprint density at radius 1 is 1.08 bits per heavy atom. The molecule has 0 bridgehead atoms. The van der Waals surface area contributed by atoms with Crippen molar-refractivity contribution in [1.29, 1.82) is 0 Å². The molecule has 1 aromatic carbocycles. The van der Waals surface area contributed by atoms with Gasteiger partial charge in [0.05, 0.1) is 7.11 Å². The van der Waals surface area contributed by atoms with Gasteiger partial charge in [-0.25, -0.2) is 4.79 Å². The average Bonchev–Trinajstić information content (AvgIpc) is 2.51. The SMILES string of the molecule is COc1ccc(C(=O)CCC(=O)C(=[N+]=[N-])C(=O)OC(C)(C)C)cc1. The second-order valence-electron chi connectivity index (χ2n) is 6.03. The first kappa shape index (κ1) is 19.3. The van der Waals surface area contributed by atoms with Gasteiger partial charge in [0, 0.05) is 18.4 Å². The van der Waals surface area contributed by atoms with Crippen LogP contribution in [0.25, 0.3) is 5.53 Å². The molecule has 0 unspecified atom stereocenters. The number of nitrogens with zero attached hydrogens (tertiary/aromatic N) is 2. The van der Waals surface area contributed by atoms with Crippen molar-refractivity contribution in [1.82, 2.24) is 0 Å². The minimum atomic E-state index is -1.02. The number of esters is 1. The predicted octanol–water partition coefficient (Wildman–Crippen LogP) is 2.24. The predicted molar refractivity (Wildman–Crippen MR) is 86.0 cm³/mol. The highest BCUT2D eigenvalue weighted by atomic mass is 16.6. The van der Waals surface area contributed by atoms with Gasteiger partial charge in [0.15, 0.2) is 5.78 Å². The molecule has 0 saturated heterocycles. The first-order chi connectivity index (χ1) is 11.2. The van der Waals surface area contributed by atoms with E-state index in [1.54, 1.807) is 45.0 Å². The second-order valence-corrected chi connectivity index (χ2v) is 6.03. The van der Waals surface area contributed by atoms with E-state index in [4.69, 9.17) is 15.0 Å². The summed E-state index contributed by atoms with van der Waals surface area (Å²) in [5, 5.41) is 0. The Morgan fingerprint density at radius 2 is 1.67 bits per heavy atom. The van der Waals surface area contributed by atoms with E-state index >= 15 is 0 Å². The molecule has 0 saturated carbocycles. The van der Waals surface area contributed by atoms with Crippen LogP contribution in [0.3, 0.4) is 0 Å². The molecular weight excluding hydrogens is 312 g/mol. The van der Waals surface area contributed by atoms with Crippen LogP contribution in [0.5, 0.6) is 5.75 Å². The fraction of sp³-hybridized carbons (Fsp3) is 0.412. The number of benzene rings is 1. The molecule has 0 spiro atoms. The number of ketones is 2. The number of carbonyl (C=O) groups is 3. The summed E-state index contributed by atoms with van der Waals surface area (Å²) in [6.45, 7) is 4.87. The van der Waals surface area contributed by atoms with E-state index < -0.39 is 23.1 Å². The van der Waals surface area contributed by atoms with Crippen LogP contribution in [0.2, 0.25) is 0 Å². The highest BCUT2D eigenvalue weighted by Crippen LogP contribution is 2.14. The Bertz CT molecular complexity index is 680. The Morgan fingerprint density at radius 3 is 2.12 bits per heavy atom. The van der Waals surface area contributed by atoms with Crippen LogP contribution >= 0.6 is 0 Å². The van der Waals surface area contributed by atoms with Gasteiger partial charge < -0.3 is 15.0 Å². The minimum Gasteiger partial charge on any atom is -0.497 e. The molecular formula is C17H20N2O5. The van der Waals surface area contributed by atoms with E-state index in [0.29, 0.717) is 11.3 Å². The Kier molecular flexibility index (Phi) is 6.56. The van der Waals surface area contributed by atoms with E-state index in [0.717, 1.165) is 0 Å². The first-order valence-corrected chi connectivity index (χ1v) is 7.34. The van der Waals surface area contributed by atoms with Gasteiger partial charge in [-0.05, 0) is 45.0 Å². The molecule has 0 atom stereocenters. The first-order valence-electron chi connectivity index (χ1n) is 7.34. The lowest BCUT2D eigenvalue weighted by molar-refractivity contribution is -0.152. The molecule has 0 fully saturated rings. The molecule has 0 aliphatic rings. The Labute approximate surface area is 140 Å². The summed E-state index contributed by atoms with van der Waals surface area (Å²) in [5.74, 6) is -1.43. The standard InChI is InChI=1S/C17H20N2O5/c1-17(2,3)24-16(22)15(19-18)14(21)10-9-13(20)11-5-7-12(23-4)8-6-11/h5-8H,9-10H2,1-4H3. The Balaban J connectivity index is 2.67. The fourth-order valence-corrected chi connectivity index (χ4v) is 1.80. The van der Waals surface area contributed by atoms with E-state index in [-0.39, 0.29) is 18.6 Å². The fourth-order valence-electron chi connectivity index (χ4n) is 1.80. The van der Waals surface area contributed by atoms with Crippen molar-refractivity contribution in [2.45, 2.75) is 39.2 Å². The lowest BCUT2D eigenvalue weighted by atomic mass is 10.0. The number of hydrogen-bond donors (Lipinski definition) is 0. The summed E-state index contributed by atoms with van der Waals surface area (Å²) >= 11 is 0. The third kappa shape index (κ3) is 5.78. The third-order valence-electron chi connectivity index (χ3n) is 2.95. The van der Waals surface area contributed by atoms with Crippen molar-refractivity contribution in [3.8, 4) is 5.75 Å². The van der Waals surface area contributed by atoms with E-state index in [1.165, 1.54) is 7.11 Å². The molecule has 0 aliphatic carbocycles. The van der Waals surface area contributed by atoms with E-state index in [1.807, 2.05) is 0 Å². The van der Waals surface area contributed by atoms with Gasteiger partial charge >= 0.3 is 11.7 Å². The van der Waals surface area contributed by atoms with Gasteiger partial charge in [-0.15, -0.1) is 0 Å². The van der Waals surface area contributed by atoms with Crippen molar-refractivity contribution >= 4 is 23.2 Å². The molecule has 7 heteroatoms. The van der Waals surface area contributed by atoms with Crippen LogP contribution in [0.1, 0.15) is 44.0 Å². The van der Waals surface area contributed by atoms with Crippen molar-refractivity contribution in [3.05, 3.63) is 35.4 Å². The van der Waals surface area contributed by atoms with Crippen molar-refractivity contribution in [2.75, 3.05) is 7.11 Å². The highest BCUT2D eigenvalue weighted by Gasteiger charge is 2.34. The van der Waals surface area contributed by atoms with Crippen LogP contribution < -0.4 is 4.74 Å². The van der Waals surface area contributed by atoms with Crippen LogP contribution in [0.4, 0.5) is 0 Å². The summed E-state index contributed by atoms with van der Waals surface area (Å²) in [5.41, 5.74) is 7.75. The number of Topliss-reactive ketones (excluding diaryl/α,β-unsaturated/α-hetero) is 2. The van der Waals surface area contributed by atoms with Gasteiger partial charge in [-0.3, -0.25) is 9.59 Å². The summed E-state index contributed by atoms with van der Waals surface area (Å²) in [6.07, 6.45) is -0.378. The van der Waals surface area contributed by atoms with Gasteiger partial charge in [-0.2, -0.15) is 4.79 Å². The molecule has 7 nitrogen and oxygen atoms in total. The molecule has 1 rings (SSSR count). The zero-order valence-electron chi connectivity index (χ0n) is 14.2. The molecule has 1 aromatic rings. The third-order valence-corrected chi connectivity index (χ3v) is 2.95. The smallest absolute Gasteiger partial charge is 0.441 e. The zero-order valence-corrected chi connectivity index (χ0v) is 14.2. The summed E-state index contributed by atoms with van der Waals surface area (Å²) in [6, 6.07) is 6.44. The summed E-state index contributed by atoms with van der Waals surface area (Å²) < 4.78 is 9.98. The molecule has 0 amide bonds. The van der Waals surface area contributed by atoms with Gasteiger partial charge in [0.1, 0.15) is 11.4 Å². The maximum absolute atomic E-state index is 12.0. The summed E-state index contributed by atoms with van der Waals surface area (Å²) in [4.78, 5) is 38.5. The van der Waals surface area contributed by atoms with Gasteiger partial charge in [0.2, 0.25) is 0 Å². The molecule has 0 aromatic heterocycles. The minimum absolute atomic E-state index is 0.118. The molecule has 128 valence electrons. The number of rotatable bonds is 7. The summed E-state index contributed by atoms with van der Waals surface area (Å²) in [7, 11) is 1.52. The van der Waals surface area contributed by atoms with Gasteiger partial charge in [-0.1, -0.05) is 0 Å². The maximum Gasteiger partial charge on any atom is 0.441 e. The van der Waals surface area contributed by atoms with Crippen LogP contribution in [0.15, 0.2) is 24.3 Å². The number of carbonyl (C=O) groups excluding carboxylic acids is 3. The zero-order chi connectivity index (χ0) is 18.3. The Hall–Kier alpha value is -2.79. The van der Waals surface area contributed by atoms with Gasteiger partial charge in [0.25, 0.3) is 5.78 Å². The average molecular weight is 332 g/mol. The molecule has 0 heterocycles. The maximum atomic E-state index is 12.0. The largest absolute Gasteiger partial charge is 0.497 e. The quantitative estimate of drug-likeness (QED) is 0.190. The lowest BCUT2D eigenvalue weighted by Gasteiger charge is -2.17. The van der Waals surface area contributed by atoms with Crippen LogP contribution in [-0.2, 0) is 14.3 Å². The van der Waals surface area contributed by atoms with Crippen molar-refractivity contribution in [3.63, 3.8) is 0 Å². The van der Waals surface area contributed by atoms with E-state index in [9.17, 15) is 14.4 Å². The van der Waals surface area contributed by atoms with Crippen molar-refractivity contribution < 1.29 is 28.6 Å².